The molecule has 52 heavy (non-hydrogen) atoms. The van der Waals surface area contributed by atoms with Gasteiger partial charge in [-0.05, 0) is 51.4 Å². The highest BCUT2D eigenvalue weighted by atomic mass is 31.2. The lowest BCUT2D eigenvalue weighted by Crippen LogP contribution is -2.29. The molecule has 4 atom stereocenters. The molecule has 1 saturated heterocycles. The van der Waals surface area contributed by atoms with Gasteiger partial charge in [-0.2, -0.15) is 0 Å². The van der Waals surface area contributed by atoms with Gasteiger partial charge in [-0.15, -0.1) is 0 Å². The fraction of sp³-hybridized carbons (Fsp3) is 0.805. The number of carbonyl (C=O) groups is 2. The molecule has 302 valence electrons. The maximum Gasteiger partial charge on any atom is 0.472 e. The van der Waals surface area contributed by atoms with Gasteiger partial charge in [0.25, 0.3) is 0 Å². The molecule has 0 bridgehead atoms. The van der Waals surface area contributed by atoms with E-state index in [2.05, 4.69) is 44.2 Å². The number of ether oxygens (including phenoxy) is 3. The molecule has 11 heteroatoms. The highest BCUT2D eigenvalue weighted by Gasteiger charge is 2.36. The fourth-order valence-corrected chi connectivity index (χ4v) is 6.49. The summed E-state index contributed by atoms with van der Waals surface area (Å²) in [5.74, 6) is -0.901. The first-order chi connectivity index (χ1) is 25.3. The second-order valence-corrected chi connectivity index (χ2v) is 15.3. The van der Waals surface area contributed by atoms with E-state index in [0.29, 0.717) is 12.8 Å². The monoisotopic (exact) mass is 756 g/mol. The van der Waals surface area contributed by atoms with E-state index < -0.39 is 32.5 Å². The Balaban J connectivity index is 2.25. The van der Waals surface area contributed by atoms with E-state index in [4.69, 9.17) is 29.0 Å². The molecule has 0 radical (unpaired) electrons. The van der Waals surface area contributed by atoms with Gasteiger partial charge in [0.2, 0.25) is 0 Å². The number of epoxide rings is 1. The Morgan fingerprint density at radius 1 is 0.673 bits per heavy atom. The van der Waals surface area contributed by atoms with Crippen molar-refractivity contribution in [1.82, 2.24) is 0 Å². The van der Waals surface area contributed by atoms with E-state index in [1.54, 1.807) is 0 Å². The van der Waals surface area contributed by atoms with Gasteiger partial charge in [0.05, 0.1) is 25.4 Å². The van der Waals surface area contributed by atoms with Crippen LogP contribution in [0.4, 0.5) is 0 Å². The molecule has 0 aliphatic carbocycles. The molecular weight excluding hydrogens is 681 g/mol. The number of phosphoric ester groups is 1. The largest absolute Gasteiger partial charge is 0.472 e. The van der Waals surface area contributed by atoms with Crippen molar-refractivity contribution in [3.8, 4) is 0 Å². The van der Waals surface area contributed by atoms with Crippen LogP contribution in [0.3, 0.4) is 0 Å². The summed E-state index contributed by atoms with van der Waals surface area (Å²) in [6, 6.07) is 0. The smallest absolute Gasteiger partial charge is 0.462 e. The van der Waals surface area contributed by atoms with Crippen molar-refractivity contribution in [3.05, 3.63) is 36.5 Å². The lowest BCUT2D eigenvalue weighted by atomic mass is 10.0. The van der Waals surface area contributed by atoms with E-state index in [0.717, 1.165) is 44.9 Å². The predicted octanol–water partition coefficient (Wildman–Crippen LogP) is 10.4. The van der Waals surface area contributed by atoms with Crippen molar-refractivity contribution in [2.24, 2.45) is 5.73 Å². The molecule has 10 nitrogen and oxygen atoms in total. The zero-order valence-electron chi connectivity index (χ0n) is 32.7. The standard InChI is InChI=1S/C41H74NO9P/c1-3-5-7-9-11-13-14-15-16-18-20-22-27-31-40(43)47-35-37(36-49-52(45,46)48-34-33-42)50-41(44)32-28-24-23-26-30-39-38(51-39)29-25-21-19-17-12-10-8-6-4-2/h12,17,21,23,25-26,37-39H,3-11,13-16,18-20,22,24,27-36,42H2,1-2H3,(H,45,46)/b17-12-,25-21-,26-23-/t37-,38?,39?/m1/s1. The summed E-state index contributed by atoms with van der Waals surface area (Å²) in [5.41, 5.74) is 5.34. The molecule has 0 aromatic heterocycles. The van der Waals surface area contributed by atoms with E-state index in [1.807, 2.05) is 6.08 Å². The molecule has 3 unspecified atom stereocenters. The first-order valence-corrected chi connectivity index (χ1v) is 22.1. The molecule has 1 rings (SSSR count). The highest BCUT2D eigenvalue weighted by molar-refractivity contribution is 7.47. The maximum absolute atomic E-state index is 12.6. The Hall–Kier alpha value is -1.81. The van der Waals surface area contributed by atoms with Crippen LogP contribution >= 0.6 is 7.82 Å². The van der Waals surface area contributed by atoms with Crippen LogP contribution in [0, 0.1) is 0 Å². The Bertz CT molecular complexity index is 1020. The van der Waals surface area contributed by atoms with Crippen LogP contribution in [0.5, 0.6) is 0 Å². The van der Waals surface area contributed by atoms with Gasteiger partial charge in [0.1, 0.15) is 6.61 Å². The predicted molar refractivity (Wildman–Crippen MR) is 210 cm³/mol. The van der Waals surface area contributed by atoms with Crippen LogP contribution in [0.1, 0.15) is 168 Å². The number of unbranched alkanes of at least 4 members (excludes halogenated alkanes) is 16. The molecule has 0 amide bonds. The third-order valence-corrected chi connectivity index (χ3v) is 9.92. The van der Waals surface area contributed by atoms with Gasteiger partial charge >= 0.3 is 19.8 Å². The lowest BCUT2D eigenvalue weighted by molar-refractivity contribution is -0.161. The molecule has 1 aliphatic rings. The van der Waals surface area contributed by atoms with Gasteiger partial charge in [-0.3, -0.25) is 18.6 Å². The Labute approximate surface area is 316 Å². The number of hydrogen-bond donors (Lipinski definition) is 2. The van der Waals surface area contributed by atoms with Crippen molar-refractivity contribution >= 4 is 19.8 Å². The molecule has 1 aliphatic heterocycles. The normalized spacial score (nSPS) is 17.6. The zero-order valence-corrected chi connectivity index (χ0v) is 33.6. The first-order valence-electron chi connectivity index (χ1n) is 20.6. The van der Waals surface area contributed by atoms with Crippen LogP contribution in [-0.2, 0) is 37.4 Å². The summed E-state index contributed by atoms with van der Waals surface area (Å²) < 4.78 is 38.4. The van der Waals surface area contributed by atoms with Crippen molar-refractivity contribution in [3.63, 3.8) is 0 Å². The second-order valence-electron chi connectivity index (χ2n) is 13.9. The zero-order chi connectivity index (χ0) is 38.0. The highest BCUT2D eigenvalue weighted by Crippen LogP contribution is 2.43. The summed E-state index contributed by atoms with van der Waals surface area (Å²) in [4.78, 5) is 34.8. The van der Waals surface area contributed by atoms with Crippen LogP contribution in [0.15, 0.2) is 36.5 Å². The van der Waals surface area contributed by atoms with E-state index in [1.165, 1.54) is 83.5 Å². The number of hydrogen-bond acceptors (Lipinski definition) is 9. The summed E-state index contributed by atoms with van der Waals surface area (Å²) in [7, 11) is -4.39. The quantitative estimate of drug-likeness (QED) is 0.0206. The van der Waals surface area contributed by atoms with Crippen molar-refractivity contribution in [2.75, 3.05) is 26.4 Å². The topological polar surface area (TPSA) is 147 Å². The third kappa shape index (κ3) is 30.6. The van der Waals surface area contributed by atoms with Crippen LogP contribution in [0.2, 0.25) is 0 Å². The minimum absolute atomic E-state index is 0.0422. The molecule has 0 aromatic carbocycles. The lowest BCUT2D eigenvalue weighted by Gasteiger charge is -2.19. The van der Waals surface area contributed by atoms with Gasteiger partial charge in [0.15, 0.2) is 6.10 Å². The third-order valence-electron chi connectivity index (χ3n) is 8.93. The maximum atomic E-state index is 12.6. The van der Waals surface area contributed by atoms with Gasteiger partial charge in [0, 0.05) is 19.4 Å². The minimum atomic E-state index is -4.39. The first kappa shape index (κ1) is 48.2. The molecule has 1 fully saturated rings. The Morgan fingerprint density at radius 2 is 1.19 bits per heavy atom. The summed E-state index contributed by atoms with van der Waals surface area (Å²) >= 11 is 0. The summed E-state index contributed by atoms with van der Waals surface area (Å²) in [6.45, 7) is 3.62. The fourth-order valence-electron chi connectivity index (χ4n) is 5.73. The van der Waals surface area contributed by atoms with E-state index >= 15 is 0 Å². The summed E-state index contributed by atoms with van der Waals surface area (Å²) in [5, 5.41) is 0. The average Bonchev–Trinajstić information content (AvgIpc) is 3.89. The number of phosphoric acid groups is 1. The molecule has 0 spiro atoms. The summed E-state index contributed by atoms with van der Waals surface area (Å²) in [6.07, 6.45) is 37.7. The van der Waals surface area contributed by atoms with Gasteiger partial charge in [-0.25, -0.2) is 4.57 Å². The van der Waals surface area contributed by atoms with E-state index in [-0.39, 0.29) is 44.8 Å². The van der Waals surface area contributed by atoms with Crippen LogP contribution in [0.25, 0.3) is 0 Å². The SMILES string of the molecule is CCCCC/C=C\C/C=C\CC1OC1C/C=C\CCCC(=O)O[C@H](COC(=O)CCCCCCCCCCCCCCC)COP(=O)(O)OCCN. The Kier molecular flexibility index (Phi) is 31.3. The number of rotatable bonds is 37. The van der Waals surface area contributed by atoms with Gasteiger partial charge in [-0.1, -0.05) is 140 Å². The minimum Gasteiger partial charge on any atom is -0.462 e. The second kappa shape index (κ2) is 33.7. The molecular formula is C41H74NO9P. The number of esters is 2. The van der Waals surface area contributed by atoms with Gasteiger partial charge < -0.3 is 24.8 Å². The number of carbonyl (C=O) groups excluding carboxylic acids is 2. The number of nitrogens with two attached hydrogens (primary N) is 1. The molecule has 3 N–H and O–H groups in total. The van der Waals surface area contributed by atoms with Crippen molar-refractivity contribution < 1.29 is 42.3 Å². The average molecular weight is 756 g/mol. The van der Waals surface area contributed by atoms with Crippen LogP contribution in [-0.4, -0.2) is 61.5 Å². The molecule has 0 aromatic rings. The van der Waals surface area contributed by atoms with E-state index in [9.17, 15) is 19.0 Å². The van der Waals surface area contributed by atoms with Crippen molar-refractivity contribution in [1.29, 1.82) is 0 Å². The van der Waals surface area contributed by atoms with Crippen LogP contribution < -0.4 is 5.73 Å². The Morgan fingerprint density at radius 3 is 1.83 bits per heavy atom. The van der Waals surface area contributed by atoms with Crippen molar-refractivity contribution in [2.45, 2.75) is 186 Å². The molecule has 1 heterocycles. The molecule has 0 saturated carbocycles. The number of allylic oxidation sites excluding steroid dienone is 4.